The van der Waals surface area contributed by atoms with Gasteiger partial charge in [0.15, 0.2) is 0 Å². The van der Waals surface area contributed by atoms with Crippen LogP contribution < -0.4 is 0 Å². The van der Waals surface area contributed by atoms with Crippen LogP contribution in [-0.4, -0.2) is 15.3 Å². The van der Waals surface area contributed by atoms with Gasteiger partial charge in [-0.25, -0.2) is 9.37 Å². The van der Waals surface area contributed by atoms with E-state index in [-0.39, 0.29) is 11.5 Å². The van der Waals surface area contributed by atoms with Crippen molar-refractivity contribution in [3.63, 3.8) is 0 Å². The maximum Gasteiger partial charge on any atom is 0.212 e. The molecular formula is C23H14FN3O. The average Bonchev–Trinajstić information content (AvgIpc) is 3.24. The molecule has 0 fully saturated rings. The molecule has 0 saturated heterocycles. The lowest BCUT2D eigenvalue weighted by atomic mass is 10.00. The summed E-state index contributed by atoms with van der Waals surface area (Å²) in [5.41, 5.74) is 3.80. The highest BCUT2D eigenvalue weighted by molar-refractivity contribution is 6.07. The summed E-state index contributed by atoms with van der Waals surface area (Å²) in [6.45, 7) is 0. The molecule has 0 bridgehead atoms. The Labute approximate surface area is 161 Å². The van der Waals surface area contributed by atoms with E-state index in [1.165, 1.54) is 24.3 Å². The second-order valence-corrected chi connectivity index (χ2v) is 6.21. The number of aromatic nitrogens is 2. The Balaban J connectivity index is 1.67. The maximum atomic E-state index is 13.1. The van der Waals surface area contributed by atoms with Gasteiger partial charge in [0.2, 0.25) is 5.78 Å². The number of imidazole rings is 1. The Morgan fingerprint density at radius 2 is 1.79 bits per heavy atom. The van der Waals surface area contributed by atoms with Crippen molar-refractivity contribution in [1.29, 1.82) is 5.26 Å². The molecule has 0 spiro atoms. The largest absolute Gasteiger partial charge is 0.306 e. The fourth-order valence-corrected chi connectivity index (χ4v) is 3.00. The van der Waals surface area contributed by atoms with E-state index >= 15 is 0 Å². The van der Waals surface area contributed by atoms with E-state index in [1.54, 1.807) is 23.2 Å². The molecule has 4 aromatic rings. The zero-order chi connectivity index (χ0) is 19.5. The molecule has 0 aliphatic rings. The first-order valence-corrected chi connectivity index (χ1v) is 8.60. The topological polar surface area (TPSA) is 58.7 Å². The molecule has 134 valence electrons. The quantitative estimate of drug-likeness (QED) is 0.488. The molecule has 4 nitrogen and oxygen atoms in total. The molecule has 0 aliphatic carbocycles. The predicted octanol–water partition coefficient (Wildman–Crippen LogP) is 4.78. The molecular weight excluding hydrogens is 353 g/mol. The van der Waals surface area contributed by atoms with Gasteiger partial charge in [-0.3, -0.25) is 4.79 Å². The molecule has 4 rings (SSSR count). The molecule has 0 amide bonds. The van der Waals surface area contributed by atoms with Crippen LogP contribution in [0.2, 0.25) is 0 Å². The van der Waals surface area contributed by atoms with Gasteiger partial charge in [0.05, 0.1) is 11.6 Å². The van der Waals surface area contributed by atoms with Crippen LogP contribution in [0.3, 0.4) is 0 Å². The lowest BCUT2D eigenvalue weighted by Crippen LogP contribution is -2.01. The third-order valence-electron chi connectivity index (χ3n) is 4.42. The van der Waals surface area contributed by atoms with Crippen molar-refractivity contribution in [2.75, 3.05) is 0 Å². The van der Waals surface area contributed by atoms with Crippen LogP contribution in [0, 0.1) is 17.1 Å². The first-order valence-electron chi connectivity index (χ1n) is 8.60. The van der Waals surface area contributed by atoms with Crippen molar-refractivity contribution in [2.24, 2.45) is 0 Å². The van der Waals surface area contributed by atoms with Gasteiger partial charge < -0.3 is 4.57 Å². The predicted molar refractivity (Wildman–Crippen MR) is 104 cm³/mol. The third-order valence-corrected chi connectivity index (χ3v) is 4.42. The number of carbonyl (C=O) groups is 1. The van der Waals surface area contributed by atoms with Crippen molar-refractivity contribution >= 4 is 5.78 Å². The Morgan fingerprint density at radius 3 is 2.57 bits per heavy atom. The summed E-state index contributed by atoms with van der Waals surface area (Å²) in [6.07, 6.45) is 3.20. The minimum absolute atomic E-state index is 0.273. The normalized spacial score (nSPS) is 10.4. The zero-order valence-corrected chi connectivity index (χ0v) is 14.7. The van der Waals surface area contributed by atoms with Crippen molar-refractivity contribution in [3.8, 4) is 22.9 Å². The summed E-state index contributed by atoms with van der Waals surface area (Å²) in [5.74, 6) is -0.665. The monoisotopic (exact) mass is 367 g/mol. The fourth-order valence-electron chi connectivity index (χ4n) is 3.00. The molecule has 0 radical (unpaired) electrons. The number of hydrogen-bond donors (Lipinski definition) is 0. The lowest BCUT2D eigenvalue weighted by Gasteiger charge is -2.07. The minimum atomic E-state index is -0.392. The van der Waals surface area contributed by atoms with Gasteiger partial charge >= 0.3 is 0 Å². The van der Waals surface area contributed by atoms with Crippen LogP contribution in [0.25, 0.3) is 16.8 Å². The van der Waals surface area contributed by atoms with Gasteiger partial charge in [-0.15, -0.1) is 0 Å². The van der Waals surface area contributed by atoms with Crippen LogP contribution in [-0.2, 0) is 0 Å². The second-order valence-electron chi connectivity index (χ2n) is 6.21. The van der Waals surface area contributed by atoms with Gasteiger partial charge in [-0.2, -0.15) is 5.26 Å². The Kier molecular flexibility index (Phi) is 4.53. The summed E-state index contributed by atoms with van der Waals surface area (Å²) < 4.78 is 14.8. The molecule has 0 saturated carbocycles. The zero-order valence-electron chi connectivity index (χ0n) is 14.7. The Morgan fingerprint density at radius 1 is 1.00 bits per heavy atom. The standard InChI is InChI=1S/C23H14FN3O/c24-19-10-8-16(9-11-19)23(28)22-14-27(15-26-22)20-6-3-5-17(12-20)21-7-2-1-4-18(21)13-25/h1-12,14-15H. The highest BCUT2D eigenvalue weighted by atomic mass is 19.1. The number of carbonyl (C=O) groups excluding carboxylic acids is 1. The summed E-state index contributed by atoms with van der Waals surface area (Å²) in [6, 6.07) is 22.6. The van der Waals surface area contributed by atoms with Crippen molar-refractivity contribution in [3.05, 3.63) is 108 Å². The number of benzene rings is 3. The molecule has 0 unspecified atom stereocenters. The van der Waals surface area contributed by atoms with Crippen LogP contribution in [0.5, 0.6) is 0 Å². The highest BCUT2D eigenvalue weighted by Gasteiger charge is 2.13. The smallest absolute Gasteiger partial charge is 0.212 e. The van der Waals surface area contributed by atoms with E-state index in [0.29, 0.717) is 11.1 Å². The van der Waals surface area contributed by atoms with Gasteiger partial charge in [-0.1, -0.05) is 30.3 Å². The number of hydrogen-bond acceptors (Lipinski definition) is 3. The van der Waals surface area contributed by atoms with E-state index in [4.69, 9.17) is 0 Å². The van der Waals surface area contributed by atoms with Gasteiger partial charge in [-0.05, 0) is 53.6 Å². The SMILES string of the molecule is N#Cc1ccccc1-c1cccc(-n2cnc(C(=O)c3ccc(F)cc3)c2)c1. The molecule has 28 heavy (non-hydrogen) atoms. The number of nitrogens with zero attached hydrogens (tertiary/aromatic N) is 3. The van der Waals surface area contributed by atoms with E-state index in [0.717, 1.165) is 16.8 Å². The number of ketones is 1. The van der Waals surface area contributed by atoms with Crippen LogP contribution in [0.4, 0.5) is 4.39 Å². The average molecular weight is 367 g/mol. The van der Waals surface area contributed by atoms with E-state index in [9.17, 15) is 14.4 Å². The molecule has 0 N–H and O–H groups in total. The molecule has 0 atom stereocenters. The lowest BCUT2D eigenvalue weighted by molar-refractivity contribution is 0.103. The fraction of sp³-hybridized carbons (Fsp3) is 0. The number of nitriles is 1. The van der Waals surface area contributed by atoms with Crippen molar-refractivity contribution < 1.29 is 9.18 Å². The molecule has 0 aliphatic heterocycles. The Bertz CT molecular complexity index is 1200. The second kappa shape index (κ2) is 7.29. The molecule has 1 aromatic heterocycles. The Hall–Kier alpha value is -4.04. The maximum absolute atomic E-state index is 13.1. The van der Waals surface area contributed by atoms with Crippen molar-refractivity contribution in [1.82, 2.24) is 9.55 Å². The molecule has 3 aromatic carbocycles. The van der Waals surface area contributed by atoms with Crippen LogP contribution in [0.15, 0.2) is 85.3 Å². The highest BCUT2D eigenvalue weighted by Crippen LogP contribution is 2.25. The molecule has 5 heteroatoms. The first kappa shape index (κ1) is 17.4. The van der Waals surface area contributed by atoms with E-state index < -0.39 is 5.82 Å². The van der Waals surface area contributed by atoms with Gasteiger partial charge in [0.25, 0.3) is 0 Å². The summed E-state index contributed by atoms with van der Waals surface area (Å²) in [5, 5.41) is 9.33. The van der Waals surface area contributed by atoms with Gasteiger partial charge in [0, 0.05) is 17.4 Å². The number of halogens is 1. The third kappa shape index (κ3) is 3.31. The first-order chi connectivity index (χ1) is 13.7. The van der Waals surface area contributed by atoms with Crippen LogP contribution >= 0.6 is 0 Å². The van der Waals surface area contributed by atoms with Crippen LogP contribution in [0.1, 0.15) is 21.6 Å². The van der Waals surface area contributed by atoms with Gasteiger partial charge in [0.1, 0.15) is 17.8 Å². The summed E-state index contributed by atoms with van der Waals surface area (Å²) in [7, 11) is 0. The van der Waals surface area contributed by atoms with Crippen molar-refractivity contribution in [2.45, 2.75) is 0 Å². The minimum Gasteiger partial charge on any atom is -0.306 e. The van der Waals surface area contributed by atoms with E-state index in [1.807, 2.05) is 42.5 Å². The summed E-state index contributed by atoms with van der Waals surface area (Å²) in [4.78, 5) is 16.7. The molecule has 1 heterocycles. The number of rotatable bonds is 4. The van der Waals surface area contributed by atoms with E-state index in [2.05, 4.69) is 11.1 Å². The summed E-state index contributed by atoms with van der Waals surface area (Å²) >= 11 is 0.